The van der Waals surface area contributed by atoms with Crippen LogP contribution in [0.1, 0.15) is 24.1 Å². The minimum Gasteiger partial charge on any atom is -0.454 e. The smallest absolute Gasteiger partial charge is 0.224 e. The van der Waals surface area contributed by atoms with E-state index < -0.39 is 6.04 Å². The summed E-state index contributed by atoms with van der Waals surface area (Å²) in [5.41, 5.74) is 12.6. The van der Waals surface area contributed by atoms with Crippen LogP contribution in [0.4, 0.5) is 17.6 Å². The van der Waals surface area contributed by atoms with Gasteiger partial charge in [-0.15, -0.1) is 0 Å². The fraction of sp³-hybridized carbons (Fsp3) is 0.0909. The summed E-state index contributed by atoms with van der Waals surface area (Å²) in [5.74, 6) is 0.349. The summed E-state index contributed by atoms with van der Waals surface area (Å²) in [4.78, 5) is 21.4. The quantitative estimate of drug-likeness (QED) is 0.437. The van der Waals surface area contributed by atoms with Gasteiger partial charge in [-0.25, -0.2) is 0 Å². The minimum absolute atomic E-state index is 0.0375. The average molecular weight is 433 g/mol. The van der Waals surface area contributed by atoms with Gasteiger partial charge in [0.1, 0.15) is 23.2 Å². The van der Waals surface area contributed by atoms with Crippen LogP contribution in [0.2, 0.25) is 5.02 Å². The lowest BCUT2D eigenvalue weighted by atomic mass is 9.99. The van der Waals surface area contributed by atoms with Crippen LogP contribution in [0.15, 0.2) is 57.7 Å². The molecule has 2 aromatic carbocycles. The van der Waals surface area contributed by atoms with Crippen molar-refractivity contribution in [2.24, 2.45) is 0 Å². The Bertz CT molecular complexity index is 1400. The Labute approximate surface area is 182 Å². The normalized spacial score (nSPS) is 11.8. The van der Waals surface area contributed by atoms with E-state index in [0.717, 1.165) is 0 Å². The highest BCUT2D eigenvalue weighted by Crippen LogP contribution is 2.33. The number of benzene rings is 2. The molecule has 31 heavy (non-hydrogen) atoms. The molecule has 0 fully saturated rings. The molecule has 0 aliphatic heterocycles. The van der Waals surface area contributed by atoms with Crippen LogP contribution in [0, 0.1) is 11.3 Å². The van der Waals surface area contributed by atoms with Gasteiger partial charge in [0.2, 0.25) is 5.95 Å². The molecule has 1 unspecified atom stereocenters. The molecule has 0 radical (unpaired) electrons. The van der Waals surface area contributed by atoms with Crippen LogP contribution in [-0.2, 0) is 0 Å². The Morgan fingerprint density at radius 2 is 1.87 bits per heavy atom. The number of nitrogens with zero attached hydrogens (tertiary/aromatic N) is 3. The third-order valence-corrected chi connectivity index (χ3v) is 5.09. The molecule has 2 aromatic heterocycles. The summed E-state index contributed by atoms with van der Waals surface area (Å²) in [7, 11) is 0. The average Bonchev–Trinajstić information content (AvgIpc) is 2.74. The molecule has 0 amide bonds. The maximum atomic E-state index is 13.5. The predicted molar refractivity (Wildman–Crippen MR) is 121 cm³/mol. The molecule has 0 saturated heterocycles. The van der Waals surface area contributed by atoms with Crippen molar-refractivity contribution in [1.29, 1.82) is 5.26 Å². The molecule has 4 rings (SSSR count). The second kappa shape index (κ2) is 7.97. The number of nitrogens with two attached hydrogens (primary N) is 2. The number of para-hydroxylation sites is 1. The van der Waals surface area contributed by atoms with Crippen LogP contribution in [0.5, 0.6) is 0 Å². The molecule has 9 heteroatoms. The fourth-order valence-electron chi connectivity index (χ4n) is 3.38. The van der Waals surface area contributed by atoms with Gasteiger partial charge in [0, 0.05) is 5.56 Å². The first-order valence-electron chi connectivity index (χ1n) is 9.31. The van der Waals surface area contributed by atoms with Crippen LogP contribution in [0.3, 0.4) is 0 Å². The summed E-state index contributed by atoms with van der Waals surface area (Å²) < 4.78 is 6.13. The van der Waals surface area contributed by atoms with Crippen molar-refractivity contribution in [3.8, 4) is 17.4 Å². The number of halogens is 1. The number of nitrogen functional groups attached to an aromatic ring is 2. The molecule has 8 nitrogen and oxygen atoms in total. The second-order valence-corrected chi connectivity index (χ2v) is 7.23. The predicted octanol–water partition coefficient (Wildman–Crippen LogP) is 4.11. The highest BCUT2D eigenvalue weighted by Gasteiger charge is 2.24. The lowest BCUT2D eigenvalue weighted by Crippen LogP contribution is -2.21. The first-order valence-corrected chi connectivity index (χ1v) is 9.68. The zero-order chi connectivity index (χ0) is 22.1. The van der Waals surface area contributed by atoms with E-state index in [9.17, 15) is 10.1 Å². The number of hydrogen-bond donors (Lipinski definition) is 3. The largest absolute Gasteiger partial charge is 0.454 e. The molecule has 154 valence electrons. The van der Waals surface area contributed by atoms with Crippen molar-refractivity contribution in [2.75, 3.05) is 16.8 Å². The Morgan fingerprint density at radius 1 is 1.13 bits per heavy atom. The highest BCUT2D eigenvalue weighted by atomic mass is 35.5. The maximum Gasteiger partial charge on any atom is 0.224 e. The molecule has 1 atom stereocenters. The van der Waals surface area contributed by atoms with Crippen LogP contribution in [-0.4, -0.2) is 9.97 Å². The summed E-state index contributed by atoms with van der Waals surface area (Å²) in [6.07, 6.45) is 0. The number of hydrogen-bond acceptors (Lipinski definition) is 8. The molecular weight excluding hydrogens is 416 g/mol. The lowest BCUT2D eigenvalue weighted by molar-refractivity contribution is 0.604. The molecular formula is C22H17ClN6O2. The number of rotatable bonds is 4. The van der Waals surface area contributed by atoms with E-state index in [1.54, 1.807) is 25.1 Å². The molecule has 5 N–H and O–H groups in total. The van der Waals surface area contributed by atoms with E-state index in [-0.39, 0.29) is 28.6 Å². The lowest BCUT2D eigenvalue weighted by Gasteiger charge is -2.19. The summed E-state index contributed by atoms with van der Waals surface area (Å²) in [6, 6.07) is 15.6. The maximum absolute atomic E-state index is 13.5. The van der Waals surface area contributed by atoms with Gasteiger partial charge in [-0.1, -0.05) is 48.0 Å². The van der Waals surface area contributed by atoms with Crippen molar-refractivity contribution >= 4 is 40.2 Å². The zero-order valence-electron chi connectivity index (χ0n) is 16.4. The molecule has 2 heterocycles. The van der Waals surface area contributed by atoms with E-state index in [1.165, 1.54) is 0 Å². The second-order valence-electron chi connectivity index (χ2n) is 6.83. The van der Waals surface area contributed by atoms with Crippen molar-refractivity contribution in [3.63, 3.8) is 0 Å². The zero-order valence-corrected chi connectivity index (χ0v) is 17.1. The number of fused-ring (bicyclic) bond motifs is 1. The number of aromatic nitrogens is 2. The topological polar surface area (TPSA) is 144 Å². The Kier molecular flexibility index (Phi) is 5.19. The van der Waals surface area contributed by atoms with E-state index in [2.05, 4.69) is 15.3 Å². The molecule has 0 bridgehead atoms. The molecule has 0 aliphatic carbocycles. The van der Waals surface area contributed by atoms with E-state index >= 15 is 0 Å². The van der Waals surface area contributed by atoms with Crippen molar-refractivity contribution in [2.45, 2.75) is 13.0 Å². The van der Waals surface area contributed by atoms with Crippen molar-refractivity contribution in [3.05, 3.63) is 74.9 Å². The molecule has 4 aromatic rings. The molecule has 0 spiro atoms. The minimum atomic E-state index is -0.615. The van der Waals surface area contributed by atoms with Gasteiger partial charge >= 0.3 is 0 Å². The van der Waals surface area contributed by atoms with Gasteiger partial charge in [-0.3, -0.25) is 4.79 Å². The first kappa shape index (κ1) is 20.2. The third-order valence-electron chi connectivity index (χ3n) is 4.79. The number of nitriles is 1. The van der Waals surface area contributed by atoms with Gasteiger partial charge in [0.15, 0.2) is 16.8 Å². The Morgan fingerprint density at radius 3 is 2.58 bits per heavy atom. The summed E-state index contributed by atoms with van der Waals surface area (Å²) in [5, 5.41) is 13.2. The van der Waals surface area contributed by atoms with Crippen LogP contribution in [0.25, 0.3) is 22.3 Å². The van der Waals surface area contributed by atoms with Gasteiger partial charge in [-0.2, -0.15) is 15.2 Å². The number of anilines is 3. The summed E-state index contributed by atoms with van der Waals surface area (Å²) >= 11 is 6.30. The first-order chi connectivity index (χ1) is 14.9. The van der Waals surface area contributed by atoms with Crippen molar-refractivity contribution < 1.29 is 4.42 Å². The van der Waals surface area contributed by atoms with Crippen LogP contribution >= 0.6 is 11.6 Å². The summed E-state index contributed by atoms with van der Waals surface area (Å²) in [6.45, 7) is 1.75. The van der Waals surface area contributed by atoms with Gasteiger partial charge in [0.25, 0.3) is 0 Å². The molecule has 0 aliphatic rings. The monoisotopic (exact) mass is 432 g/mol. The molecule has 0 saturated carbocycles. The van der Waals surface area contributed by atoms with Gasteiger partial charge < -0.3 is 21.2 Å². The Balaban J connectivity index is 1.94. The van der Waals surface area contributed by atoms with Gasteiger partial charge in [-0.05, 0) is 19.1 Å². The van der Waals surface area contributed by atoms with E-state index in [1.807, 2.05) is 36.4 Å². The van der Waals surface area contributed by atoms with Crippen molar-refractivity contribution in [1.82, 2.24) is 9.97 Å². The van der Waals surface area contributed by atoms with Gasteiger partial charge in [0.05, 0.1) is 22.0 Å². The fourth-order valence-corrected chi connectivity index (χ4v) is 3.59. The van der Waals surface area contributed by atoms with E-state index in [0.29, 0.717) is 32.9 Å². The van der Waals surface area contributed by atoms with E-state index in [4.69, 9.17) is 27.5 Å². The Hall–Kier alpha value is -4.09. The highest BCUT2D eigenvalue weighted by molar-refractivity contribution is 6.34. The standard InChI is InChI=1S/C22H17ClN6O2/c1-11(27-21-14(10-24)20(25)28-22(26)29-21)16-17(30)13-8-5-9-15(23)19(13)31-18(16)12-6-3-2-4-7-12/h2-9,11H,1H3,(H5,25,26,27,28,29). The third kappa shape index (κ3) is 3.63. The number of nitrogens with one attached hydrogen (secondary N) is 1. The van der Waals surface area contributed by atoms with Crippen LogP contribution < -0.4 is 22.2 Å². The SMILES string of the molecule is CC(Nc1nc(N)nc(N)c1C#N)c1c(-c2ccccc2)oc2c(Cl)cccc2c1=O.